The zero-order chi connectivity index (χ0) is 20.6. The highest BCUT2D eigenvalue weighted by Gasteiger charge is 2.45. The summed E-state index contributed by atoms with van der Waals surface area (Å²) in [6.07, 6.45) is 5.39. The summed E-state index contributed by atoms with van der Waals surface area (Å²) < 4.78 is 5.93. The fourth-order valence-electron chi connectivity index (χ4n) is 3.87. The van der Waals surface area contributed by atoms with E-state index in [0.717, 1.165) is 17.2 Å². The number of fused-ring (bicyclic) bond motifs is 2. The van der Waals surface area contributed by atoms with Crippen LogP contribution < -0.4 is 5.43 Å². The van der Waals surface area contributed by atoms with Crippen LogP contribution in [-0.4, -0.2) is 16.0 Å². The van der Waals surface area contributed by atoms with Gasteiger partial charge >= 0.3 is 0 Å². The van der Waals surface area contributed by atoms with Crippen molar-refractivity contribution in [3.8, 4) is 11.5 Å². The molecule has 1 aromatic heterocycles. The Morgan fingerprint density at radius 2 is 1.64 bits per heavy atom. The minimum Gasteiger partial charge on any atom is -0.508 e. The Balaban J connectivity index is 2.38. The highest BCUT2D eigenvalue weighted by atomic mass is 16.3. The Hall–Kier alpha value is -2.82. The van der Waals surface area contributed by atoms with Crippen molar-refractivity contribution >= 4 is 16.8 Å². The number of phenols is 2. The quantitative estimate of drug-likeness (QED) is 0.750. The van der Waals surface area contributed by atoms with Crippen LogP contribution in [0.1, 0.15) is 58.3 Å². The number of rotatable bonds is 4. The molecular formula is C23H26O5. The summed E-state index contributed by atoms with van der Waals surface area (Å²) in [5, 5.41) is 20.0. The van der Waals surface area contributed by atoms with Gasteiger partial charge in [-0.2, -0.15) is 0 Å². The fraction of sp³-hybridized carbons (Fsp3) is 0.391. The smallest absolute Gasteiger partial charge is 0.200 e. The average Bonchev–Trinajstić information content (AvgIpc) is 2.59. The first-order valence-corrected chi connectivity index (χ1v) is 9.48. The number of carbonyl (C=O) groups is 1. The monoisotopic (exact) mass is 382 g/mol. The second kappa shape index (κ2) is 7.30. The predicted octanol–water partition coefficient (Wildman–Crippen LogP) is 4.67. The van der Waals surface area contributed by atoms with Gasteiger partial charge in [0.05, 0.1) is 11.0 Å². The molecule has 1 aliphatic rings. The summed E-state index contributed by atoms with van der Waals surface area (Å²) in [7, 11) is 0. The summed E-state index contributed by atoms with van der Waals surface area (Å²) in [6, 6.07) is 2.44. The van der Waals surface area contributed by atoms with Crippen molar-refractivity contribution in [2.24, 2.45) is 0 Å². The largest absolute Gasteiger partial charge is 0.508 e. The van der Waals surface area contributed by atoms with E-state index in [2.05, 4.69) is 0 Å². The maximum absolute atomic E-state index is 13.5. The zero-order valence-corrected chi connectivity index (χ0v) is 16.8. The molecule has 2 N–H and O–H groups in total. The molecule has 0 amide bonds. The van der Waals surface area contributed by atoms with Gasteiger partial charge in [0.1, 0.15) is 34.0 Å². The van der Waals surface area contributed by atoms with Crippen molar-refractivity contribution in [1.29, 1.82) is 0 Å². The highest BCUT2D eigenvalue weighted by molar-refractivity contribution is 5.94. The molecule has 0 saturated heterocycles. The first-order chi connectivity index (χ1) is 13.2. The van der Waals surface area contributed by atoms with Gasteiger partial charge in [-0.1, -0.05) is 23.3 Å². The van der Waals surface area contributed by atoms with Crippen LogP contribution in [0.5, 0.6) is 11.5 Å². The van der Waals surface area contributed by atoms with Gasteiger partial charge in [0, 0.05) is 25.0 Å². The molecule has 0 fully saturated rings. The zero-order valence-electron chi connectivity index (χ0n) is 16.8. The van der Waals surface area contributed by atoms with Crippen molar-refractivity contribution in [2.75, 3.05) is 0 Å². The molecule has 1 aliphatic carbocycles. The van der Waals surface area contributed by atoms with Crippen LogP contribution in [0.15, 0.2) is 44.6 Å². The Kier molecular flexibility index (Phi) is 5.20. The lowest BCUT2D eigenvalue weighted by molar-refractivity contribution is -0.125. The molecule has 2 aromatic rings. The van der Waals surface area contributed by atoms with Crippen LogP contribution in [-0.2, 0) is 16.6 Å². The number of carbonyl (C=O) groups excluding carboxylic acids is 1. The molecule has 0 saturated carbocycles. The molecular weight excluding hydrogens is 356 g/mol. The number of benzene rings is 1. The van der Waals surface area contributed by atoms with E-state index in [1.165, 1.54) is 6.07 Å². The van der Waals surface area contributed by atoms with Gasteiger partial charge in [0.25, 0.3) is 0 Å². The average molecular weight is 382 g/mol. The van der Waals surface area contributed by atoms with Gasteiger partial charge in [0.2, 0.25) is 5.43 Å². The first-order valence-electron chi connectivity index (χ1n) is 9.48. The molecule has 0 spiro atoms. The standard InChI is InChI=1S/C23H26O5/c1-13(2)7-9-23(10-8-14(3)4)19(26)6-5-17-21(23)22(27)20-16(25)11-15(24)12-18(20)28-17/h7-8,11-12,24-25H,5-6,9-10H2,1-4H3. The van der Waals surface area contributed by atoms with E-state index in [9.17, 15) is 19.8 Å². The molecule has 148 valence electrons. The van der Waals surface area contributed by atoms with Crippen molar-refractivity contribution in [1.82, 2.24) is 0 Å². The van der Waals surface area contributed by atoms with Crippen molar-refractivity contribution in [3.63, 3.8) is 0 Å². The number of phenolic OH excluding ortho intramolecular Hbond substituents is 2. The topological polar surface area (TPSA) is 87.7 Å². The van der Waals surface area contributed by atoms with E-state index >= 15 is 0 Å². The van der Waals surface area contributed by atoms with Gasteiger partial charge in [-0.25, -0.2) is 0 Å². The molecule has 3 rings (SSSR count). The summed E-state index contributed by atoms with van der Waals surface area (Å²) in [4.78, 5) is 26.7. The molecule has 0 atom stereocenters. The van der Waals surface area contributed by atoms with Gasteiger partial charge < -0.3 is 14.6 Å². The number of aryl methyl sites for hydroxylation is 1. The maximum atomic E-state index is 13.5. The molecule has 1 heterocycles. The molecule has 5 heteroatoms. The minimum absolute atomic E-state index is 0.00465. The van der Waals surface area contributed by atoms with E-state index in [4.69, 9.17) is 4.42 Å². The van der Waals surface area contributed by atoms with Crippen molar-refractivity contribution < 1.29 is 19.4 Å². The normalized spacial score (nSPS) is 15.2. The molecule has 0 radical (unpaired) electrons. The first kappa shape index (κ1) is 19.9. The summed E-state index contributed by atoms with van der Waals surface area (Å²) in [5.74, 6) is -0.0467. The Morgan fingerprint density at radius 1 is 1.04 bits per heavy atom. The van der Waals surface area contributed by atoms with Crippen molar-refractivity contribution in [2.45, 2.75) is 58.8 Å². The van der Waals surface area contributed by atoms with E-state index in [0.29, 0.717) is 37.0 Å². The van der Waals surface area contributed by atoms with E-state index in [-0.39, 0.29) is 28.3 Å². The van der Waals surface area contributed by atoms with Crippen LogP contribution in [0, 0.1) is 0 Å². The second-order valence-electron chi connectivity index (χ2n) is 8.04. The maximum Gasteiger partial charge on any atom is 0.200 e. The minimum atomic E-state index is -1.01. The van der Waals surface area contributed by atoms with Gasteiger partial charge in [0.15, 0.2) is 0 Å². The van der Waals surface area contributed by atoms with Crippen molar-refractivity contribution in [3.05, 3.63) is 57.0 Å². The number of hydrogen-bond acceptors (Lipinski definition) is 5. The number of allylic oxidation sites excluding steroid dienone is 4. The Bertz CT molecular complexity index is 1040. The van der Waals surface area contributed by atoms with Crippen LogP contribution in [0.3, 0.4) is 0 Å². The third kappa shape index (κ3) is 3.37. The van der Waals surface area contributed by atoms with Gasteiger partial charge in [-0.15, -0.1) is 0 Å². The third-order valence-corrected chi connectivity index (χ3v) is 5.34. The molecule has 0 unspecified atom stereocenters. The molecule has 28 heavy (non-hydrogen) atoms. The molecule has 1 aromatic carbocycles. The number of ketones is 1. The molecule has 0 bridgehead atoms. The lowest BCUT2D eigenvalue weighted by Gasteiger charge is -2.35. The second-order valence-corrected chi connectivity index (χ2v) is 8.04. The summed E-state index contributed by atoms with van der Waals surface area (Å²) in [6.45, 7) is 7.83. The SMILES string of the molecule is CC(C)=CCC1(CC=C(C)C)C(=O)CCc2oc3cc(O)cc(O)c3c(=O)c21. The highest BCUT2D eigenvalue weighted by Crippen LogP contribution is 2.42. The van der Waals surface area contributed by atoms with E-state index in [1.807, 2.05) is 39.8 Å². The summed E-state index contributed by atoms with van der Waals surface area (Å²) in [5.41, 5.74) is 1.19. The molecule has 5 nitrogen and oxygen atoms in total. The number of aromatic hydroxyl groups is 2. The predicted molar refractivity (Wildman–Crippen MR) is 109 cm³/mol. The third-order valence-electron chi connectivity index (χ3n) is 5.34. The van der Waals surface area contributed by atoms with E-state index in [1.54, 1.807) is 0 Å². The van der Waals surface area contributed by atoms with Crippen LogP contribution in [0.2, 0.25) is 0 Å². The Labute approximate surface area is 164 Å². The number of Topliss-reactive ketones (excluding diaryl/α,β-unsaturated/α-hetero) is 1. The molecule has 0 aliphatic heterocycles. The van der Waals surface area contributed by atoms with Crippen LogP contribution in [0.25, 0.3) is 11.0 Å². The number of hydrogen-bond donors (Lipinski definition) is 2. The summed E-state index contributed by atoms with van der Waals surface area (Å²) >= 11 is 0. The lowest BCUT2D eigenvalue weighted by Crippen LogP contribution is -2.43. The van der Waals surface area contributed by atoms with Gasteiger partial charge in [-0.05, 0) is 40.5 Å². The Morgan fingerprint density at radius 3 is 2.21 bits per heavy atom. The van der Waals surface area contributed by atoms with Crippen LogP contribution >= 0.6 is 0 Å². The fourth-order valence-corrected chi connectivity index (χ4v) is 3.87. The van der Waals surface area contributed by atoms with Crippen LogP contribution in [0.4, 0.5) is 0 Å². The van der Waals surface area contributed by atoms with E-state index < -0.39 is 10.8 Å². The van der Waals surface area contributed by atoms with Gasteiger partial charge in [-0.3, -0.25) is 9.59 Å². The lowest BCUT2D eigenvalue weighted by atomic mass is 9.66.